The Hall–Kier alpha value is -4.03. The quantitative estimate of drug-likeness (QED) is 0.330. The van der Waals surface area contributed by atoms with E-state index in [1.807, 2.05) is 30.5 Å². The summed E-state index contributed by atoms with van der Waals surface area (Å²) in [5.74, 6) is 0.513. The number of nitrogens with zero attached hydrogens (tertiary/aromatic N) is 4. The first-order chi connectivity index (χ1) is 17.3. The Kier molecular flexibility index (Phi) is 5.95. The zero-order valence-electron chi connectivity index (χ0n) is 19.6. The number of aromatic amines is 2. The maximum atomic E-state index is 4.51. The second-order valence-corrected chi connectivity index (χ2v) is 9.19. The third-order valence-corrected chi connectivity index (χ3v) is 6.92. The number of hydrogen-bond donors (Lipinski definition) is 2. The van der Waals surface area contributed by atoms with E-state index in [9.17, 15) is 0 Å². The molecular formula is C29H28N6. The van der Waals surface area contributed by atoms with Crippen molar-refractivity contribution >= 4 is 0 Å². The van der Waals surface area contributed by atoms with Crippen LogP contribution in [0.25, 0.3) is 33.8 Å². The van der Waals surface area contributed by atoms with Crippen molar-refractivity contribution in [1.29, 1.82) is 0 Å². The molecule has 0 atom stereocenters. The van der Waals surface area contributed by atoms with Gasteiger partial charge in [0.25, 0.3) is 0 Å². The molecule has 6 nitrogen and oxygen atoms in total. The molecule has 1 aliphatic rings. The molecular weight excluding hydrogens is 432 g/mol. The summed E-state index contributed by atoms with van der Waals surface area (Å²) in [6.07, 6.45) is 5.87. The Labute approximate surface area is 205 Å². The van der Waals surface area contributed by atoms with Crippen molar-refractivity contribution in [3.63, 3.8) is 0 Å². The zero-order chi connectivity index (χ0) is 23.5. The normalized spacial score (nSPS) is 14.9. The van der Waals surface area contributed by atoms with Crippen LogP contribution >= 0.6 is 0 Å². The molecule has 2 aromatic carbocycles. The summed E-state index contributed by atoms with van der Waals surface area (Å²) in [4.78, 5) is 6.98. The topological polar surface area (TPSA) is 73.5 Å². The van der Waals surface area contributed by atoms with Crippen molar-refractivity contribution in [1.82, 2.24) is 30.3 Å². The number of rotatable bonds is 6. The van der Waals surface area contributed by atoms with E-state index in [1.54, 1.807) is 6.20 Å². The number of likely N-dealkylation sites (tertiary alicyclic amines) is 1. The van der Waals surface area contributed by atoms with E-state index in [-0.39, 0.29) is 0 Å². The van der Waals surface area contributed by atoms with E-state index in [4.69, 9.17) is 0 Å². The Morgan fingerprint density at radius 3 is 2.40 bits per heavy atom. The van der Waals surface area contributed by atoms with E-state index in [0.29, 0.717) is 5.92 Å². The summed E-state index contributed by atoms with van der Waals surface area (Å²) in [6.45, 7) is 3.11. The number of nitrogens with one attached hydrogen (secondary N) is 2. The lowest BCUT2D eigenvalue weighted by atomic mass is 9.92. The van der Waals surface area contributed by atoms with Crippen LogP contribution in [-0.2, 0) is 6.54 Å². The van der Waals surface area contributed by atoms with Crippen molar-refractivity contribution < 1.29 is 0 Å². The van der Waals surface area contributed by atoms with Gasteiger partial charge in [-0.15, -0.1) is 0 Å². The second-order valence-electron chi connectivity index (χ2n) is 9.19. The fraction of sp³-hybridized carbons (Fsp3) is 0.207. The number of benzene rings is 2. The Morgan fingerprint density at radius 1 is 0.771 bits per heavy atom. The summed E-state index contributed by atoms with van der Waals surface area (Å²) in [7, 11) is 0. The first-order valence-corrected chi connectivity index (χ1v) is 12.2. The van der Waals surface area contributed by atoms with Crippen molar-refractivity contribution in [2.45, 2.75) is 25.3 Å². The fourth-order valence-electron chi connectivity index (χ4n) is 5.04. The molecule has 174 valence electrons. The predicted octanol–water partition coefficient (Wildman–Crippen LogP) is 5.91. The second kappa shape index (κ2) is 9.68. The molecule has 35 heavy (non-hydrogen) atoms. The minimum atomic E-state index is 0.513. The molecule has 0 amide bonds. The molecule has 1 saturated heterocycles. The monoisotopic (exact) mass is 460 g/mol. The summed E-state index contributed by atoms with van der Waals surface area (Å²) in [5, 5.41) is 15.1. The van der Waals surface area contributed by atoms with Crippen molar-refractivity contribution in [3.8, 4) is 33.8 Å². The molecule has 6 heteroatoms. The highest BCUT2D eigenvalue weighted by molar-refractivity contribution is 5.82. The Morgan fingerprint density at radius 2 is 1.63 bits per heavy atom. The lowest BCUT2D eigenvalue weighted by molar-refractivity contribution is 0.203. The molecule has 0 spiro atoms. The van der Waals surface area contributed by atoms with Crippen LogP contribution in [0.3, 0.4) is 0 Å². The zero-order valence-corrected chi connectivity index (χ0v) is 19.6. The number of hydrogen-bond acceptors (Lipinski definition) is 4. The van der Waals surface area contributed by atoms with E-state index in [1.165, 1.54) is 27.9 Å². The van der Waals surface area contributed by atoms with E-state index < -0.39 is 0 Å². The van der Waals surface area contributed by atoms with Gasteiger partial charge in [-0.3, -0.25) is 20.1 Å². The van der Waals surface area contributed by atoms with Gasteiger partial charge in [-0.1, -0.05) is 48.5 Å². The lowest BCUT2D eigenvalue weighted by Crippen LogP contribution is -2.32. The third kappa shape index (κ3) is 4.66. The highest BCUT2D eigenvalue weighted by Gasteiger charge is 2.23. The van der Waals surface area contributed by atoms with Gasteiger partial charge in [0.15, 0.2) is 0 Å². The largest absolute Gasteiger partial charge is 0.299 e. The lowest BCUT2D eigenvalue weighted by Gasteiger charge is -2.31. The Balaban J connectivity index is 1.15. The average molecular weight is 461 g/mol. The van der Waals surface area contributed by atoms with Crippen LogP contribution in [0.15, 0.2) is 91.3 Å². The molecule has 0 bridgehead atoms. The number of H-pyrrole nitrogens is 2. The van der Waals surface area contributed by atoms with Crippen LogP contribution in [0.2, 0.25) is 0 Å². The molecule has 6 rings (SSSR count). The van der Waals surface area contributed by atoms with Gasteiger partial charge < -0.3 is 0 Å². The van der Waals surface area contributed by atoms with Crippen LogP contribution in [0, 0.1) is 0 Å². The van der Waals surface area contributed by atoms with Gasteiger partial charge >= 0.3 is 0 Å². The minimum absolute atomic E-state index is 0.513. The molecule has 5 aromatic rings. The summed E-state index contributed by atoms with van der Waals surface area (Å²) < 4.78 is 0. The van der Waals surface area contributed by atoms with Gasteiger partial charge in [0.1, 0.15) is 5.69 Å². The van der Waals surface area contributed by atoms with Crippen LogP contribution in [0.4, 0.5) is 0 Å². The highest BCUT2D eigenvalue weighted by atomic mass is 15.1. The smallest absolute Gasteiger partial charge is 0.111 e. The number of pyridine rings is 1. The van der Waals surface area contributed by atoms with Gasteiger partial charge in [-0.2, -0.15) is 10.2 Å². The number of aromatic nitrogens is 5. The van der Waals surface area contributed by atoms with Gasteiger partial charge in [0.2, 0.25) is 0 Å². The highest BCUT2D eigenvalue weighted by Crippen LogP contribution is 2.33. The third-order valence-electron chi connectivity index (χ3n) is 6.92. The number of piperidine rings is 1. The maximum Gasteiger partial charge on any atom is 0.111 e. The van der Waals surface area contributed by atoms with E-state index >= 15 is 0 Å². The molecule has 0 aliphatic carbocycles. The van der Waals surface area contributed by atoms with E-state index in [2.05, 4.69) is 84.9 Å². The van der Waals surface area contributed by atoms with Gasteiger partial charge in [0.05, 0.1) is 11.4 Å². The Bertz CT molecular complexity index is 1370. The first kappa shape index (κ1) is 21.5. The molecule has 3 aromatic heterocycles. The predicted molar refractivity (Wildman–Crippen MR) is 139 cm³/mol. The molecule has 1 fully saturated rings. The summed E-state index contributed by atoms with van der Waals surface area (Å²) in [5.41, 5.74) is 9.08. The molecule has 0 radical (unpaired) electrons. The van der Waals surface area contributed by atoms with Crippen LogP contribution in [0.5, 0.6) is 0 Å². The SMILES string of the molecule is c1ccc(-c2cc(CN3CCC(c4cc(-c5ccccn5)n[nH]4)CC3)ccc2-c2ccn[nH]2)cc1. The van der Waals surface area contributed by atoms with E-state index in [0.717, 1.165) is 49.6 Å². The summed E-state index contributed by atoms with van der Waals surface area (Å²) >= 11 is 0. The molecule has 4 heterocycles. The first-order valence-electron chi connectivity index (χ1n) is 12.2. The van der Waals surface area contributed by atoms with Gasteiger partial charge in [-0.25, -0.2) is 0 Å². The minimum Gasteiger partial charge on any atom is -0.299 e. The molecule has 0 unspecified atom stereocenters. The van der Waals surface area contributed by atoms with Crippen LogP contribution < -0.4 is 0 Å². The fourth-order valence-corrected chi connectivity index (χ4v) is 5.04. The van der Waals surface area contributed by atoms with Crippen molar-refractivity contribution in [3.05, 3.63) is 103 Å². The van der Waals surface area contributed by atoms with Gasteiger partial charge in [-0.05, 0) is 73.0 Å². The van der Waals surface area contributed by atoms with Gasteiger partial charge in [0, 0.05) is 36.1 Å². The maximum absolute atomic E-state index is 4.51. The van der Waals surface area contributed by atoms with Crippen LogP contribution in [0.1, 0.15) is 30.0 Å². The standard InChI is InChI=1S/C29H28N6/c1-2-6-22(7-3-1)25-18-21(9-10-24(25)26-11-15-31-32-26)20-35-16-12-23(13-17-35)28-19-29(34-33-28)27-8-4-5-14-30-27/h1-11,14-15,18-19,23H,12-13,16-17,20H2,(H,31,32)(H,33,34). The molecule has 2 N–H and O–H groups in total. The van der Waals surface area contributed by atoms with Crippen molar-refractivity contribution in [2.75, 3.05) is 13.1 Å². The summed E-state index contributed by atoms with van der Waals surface area (Å²) in [6, 6.07) is 27.6. The molecule has 1 aliphatic heterocycles. The van der Waals surface area contributed by atoms with Crippen molar-refractivity contribution in [2.24, 2.45) is 0 Å². The van der Waals surface area contributed by atoms with Crippen LogP contribution in [-0.4, -0.2) is 43.4 Å². The average Bonchev–Trinajstić information content (AvgIpc) is 3.63. The molecule has 0 saturated carbocycles.